The average molecular weight is 255 g/mol. The Morgan fingerprint density at radius 3 is 2.22 bits per heavy atom. The number of carbonyl (C=O) groups excluding carboxylic acids is 3. The minimum absolute atomic E-state index is 0.142. The maximum atomic E-state index is 11.4. The molecule has 1 heterocycles. The quantitative estimate of drug-likeness (QED) is 0.493. The van der Waals surface area contributed by atoms with E-state index in [-0.39, 0.29) is 19.3 Å². The van der Waals surface area contributed by atoms with Gasteiger partial charge in [0.25, 0.3) is 11.8 Å². The van der Waals surface area contributed by atoms with Crippen LogP contribution in [0.4, 0.5) is 0 Å². The van der Waals surface area contributed by atoms with Gasteiger partial charge in [-0.25, -0.2) is 4.79 Å². The van der Waals surface area contributed by atoms with Crippen molar-refractivity contribution < 1.29 is 19.2 Å². The van der Waals surface area contributed by atoms with Crippen molar-refractivity contribution in [3.05, 3.63) is 0 Å². The first kappa shape index (κ1) is 14.7. The molecule has 5 nitrogen and oxygen atoms in total. The maximum absolute atomic E-state index is 11.4. The smallest absolute Gasteiger partial charge is 0.330 e. The summed E-state index contributed by atoms with van der Waals surface area (Å²) in [6.07, 6.45) is 7.00. The molecular formula is C13H21NO4. The maximum Gasteiger partial charge on any atom is 0.333 e. The Morgan fingerprint density at radius 2 is 1.61 bits per heavy atom. The number of amides is 2. The molecule has 0 aromatic rings. The monoisotopic (exact) mass is 255 g/mol. The Bertz CT molecular complexity index is 298. The second-order valence-electron chi connectivity index (χ2n) is 4.56. The van der Waals surface area contributed by atoms with Crippen molar-refractivity contribution in [3.8, 4) is 0 Å². The molecule has 0 saturated carbocycles. The number of unbranched alkanes of at least 4 members (excludes halogenated alkanes) is 5. The Kier molecular flexibility index (Phi) is 6.39. The van der Waals surface area contributed by atoms with E-state index in [0.29, 0.717) is 5.06 Å². The molecule has 1 aliphatic rings. The van der Waals surface area contributed by atoms with Crippen molar-refractivity contribution in [2.75, 3.05) is 0 Å². The van der Waals surface area contributed by atoms with Gasteiger partial charge in [0, 0.05) is 19.3 Å². The van der Waals surface area contributed by atoms with Crippen LogP contribution in [0.3, 0.4) is 0 Å². The van der Waals surface area contributed by atoms with Crippen molar-refractivity contribution in [2.24, 2.45) is 0 Å². The highest BCUT2D eigenvalue weighted by molar-refractivity contribution is 6.01. The molecule has 18 heavy (non-hydrogen) atoms. The summed E-state index contributed by atoms with van der Waals surface area (Å²) >= 11 is 0. The van der Waals surface area contributed by atoms with E-state index in [2.05, 4.69) is 6.92 Å². The lowest BCUT2D eigenvalue weighted by molar-refractivity contribution is -0.197. The first-order chi connectivity index (χ1) is 8.65. The van der Waals surface area contributed by atoms with Crippen LogP contribution in [0.25, 0.3) is 0 Å². The topological polar surface area (TPSA) is 63.7 Å². The summed E-state index contributed by atoms with van der Waals surface area (Å²) in [7, 11) is 0. The molecule has 1 fully saturated rings. The minimum atomic E-state index is -0.492. The van der Waals surface area contributed by atoms with E-state index in [9.17, 15) is 14.4 Å². The molecule has 102 valence electrons. The Labute approximate surface area is 107 Å². The van der Waals surface area contributed by atoms with Crippen molar-refractivity contribution in [1.29, 1.82) is 0 Å². The third-order valence-electron chi connectivity index (χ3n) is 2.93. The summed E-state index contributed by atoms with van der Waals surface area (Å²) in [4.78, 5) is 38.6. The van der Waals surface area contributed by atoms with Crippen LogP contribution < -0.4 is 0 Å². The lowest BCUT2D eigenvalue weighted by Gasteiger charge is -2.12. The molecule has 1 rings (SSSR count). The Balaban J connectivity index is 2.10. The predicted molar refractivity (Wildman–Crippen MR) is 65.2 cm³/mol. The van der Waals surface area contributed by atoms with Crippen LogP contribution in [0.15, 0.2) is 0 Å². The molecule has 5 heteroatoms. The van der Waals surface area contributed by atoms with Gasteiger partial charge in [-0.1, -0.05) is 39.0 Å². The minimum Gasteiger partial charge on any atom is -0.330 e. The van der Waals surface area contributed by atoms with Gasteiger partial charge >= 0.3 is 5.97 Å². The highest BCUT2D eigenvalue weighted by Gasteiger charge is 2.32. The van der Waals surface area contributed by atoms with Crippen LogP contribution in [-0.4, -0.2) is 22.8 Å². The summed E-state index contributed by atoms with van der Waals surface area (Å²) in [5.41, 5.74) is 0. The second-order valence-corrected chi connectivity index (χ2v) is 4.56. The van der Waals surface area contributed by atoms with Gasteiger partial charge in [0.2, 0.25) is 0 Å². The Morgan fingerprint density at radius 1 is 1.06 bits per heavy atom. The van der Waals surface area contributed by atoms with E-state index < -0.39 is 17.8 Å². The van der Waals surface area contributed by atoms with Crippen LogP contribution in [-0.2, 0) is 19.2 Å². The molecule has 0 atom stereocenters. The van der Waals surface area contributed by atoms with Gasteiger partial charge in [-0.3, -0.25) is 9.59 Å². The van der Waals surface area contributed by atoms with E-state index in [0.717, 1.165) is 19.3 Å². The summed E-state index contributed by atoms with van der Waals surface area (Å²) in [6.45, 7) is 2.15. The van der Waals surface area contributed by atoms with Crippen molar-refractivity contribution in [1.82, 2.24) is 5.06 Å². The summed E-state index contributed by atoms with van der Waals surface area (Å²) in [5.74, 6) is -1.33. The molecule has 1 saturated heterocycles. The fourth-order valence-electron chi connectivity index (χ4n) is 1.85. The number of rotatable bonds is 8. The lowest BCUT2D eigenvalue weighted by Crippen LogP contribution is -2.31. The molecule has 0 aliphatic carbocycles. The molecular weight excluding hydrogens is 234 g/mol. The Hall–Kier alpha value is -1.39. The van der Waals surface area contributed by atoms with E-state index >= 15 is 0 Å². The number of hydrogen-bond acceptors (Lipinski definition) is 4. The summed E-state index contributed by atoms with van der Waals surface area (Å²) < 4.78 is 0. The van der Waals surface area contributed by atoms with Gasteiger partial charge in [0.05, 0.1) is 0 Å². The molecule has 0 N–H and O–H groups in total. The zero-order valence-corrected chi connectivity index (χ0v) is 10.9. The fourth-order valence-corrected chi connectivity index (χ4v) is 1.85. The van der Waals surface area contributed by atoms with Gasteiger partial charge in [0.1, 0.15) is 0 Å². The molecule has 2 amide bonds. The predicted octanol–water partition coefficient (Wildman–Crippen LogP) is 2.34. The summed E-state index contributed by atoms with van der Waals surface area (Å²) in [5, 5.41) is 0.611. The molecule has 0 aromatic carbocycles. The van der Waals surface area contributed by atoms with Crippen molar-refractivity contribution in [2.45, 2.75) is 64.7 Å². The average Bonchev–Trinajstić information content (AvgIpc) is 2.65. The number of imide groups is 1. The van der Waals surface area contributed by atoms with Gasteiger partial charge < -0.3 is 4.84 Å². The normalized spacial score (nSPS) is 15.3. The third kappa shape index (κ3) is 4.85. The van der Waals surface area contributed by atoms with Gasteiger partial charge in [-0.2, -0.15) is 0 Å². The zero-order valence-electron chi connectivity index (χ0n) is 10.9. The van der Waals surface area contributed by atoms with Crippen LogP contribution in [0.1, 0.15) is 64.7 Å². The molecule has 0 aromatic heterocycles. The molecule has 0 spiro atoms. The van der Waals surface area contributed by atoms with E-state index in [1.165, 1.54) is 19.3 Å². The highest BCUT2D eigenvalue weighted by atomic mass is 16.7. The van der Waals surface area contributed by atoms with Crippen LogP contribution >= 0.6 is 0 Å². The fraction of sp³-hybridized carbons (Fsp3) is 0.769. The number of nitrogens with zero attached hydrogens (tertiary/aromatic N) is 1. The molecule has 0 bridgehead atoms. The third-order valence-corrected chi connectivity index (χ3v) is 2.93. The van der Waals surface area contributed by atoms with E-state index in [4.69, 9.17) is 4.84 Å². The SMILES string of the molecule is CCCCCCCCC(=O)ON1C(=O)CCC1=O. The summed E-state index contributed by atoms with van der Waals surface area (Å²) in [6, 6.07) is 0. The number of carbonyl (C=O) groups is 3. The number of hydroxylamine groups is 2. The first-order valence-electron chi connectivity index (χ1n) is 6.71. The van der Waals surface area contributed by atoms with E-state index in [1.807, 2.05) is 0 Å². The zero-order chi connectivity index (χ0) is 13.4. The van der Waals surface area contributed by atoms with Crippen molar-refractivity contribution >= 4 is 17.8 Å². The van der Waals surface area contributed by atoms with Gasteiger partial charge in [0.15, 0.2) is 0 Å². The lowest BCUT2D eigenvalue weighted by atomic mass is 10.1. The second kappa shape index (κ2) is 7.84. The van der Waals surface area contributed by atoms with Crippen LogP contribution in [0, 0.1) is 0 Å². The standard InChI is InChI=1S/C13H21NO4/c1-2-3-4-5-6-7-8-13(17)18-14-11(15)9-10-12(14)16/h2-10H2,1H3. The van der Waals surface area contributed by atoms with Crippen molar-refractivity contribution in [3.63, 3.8) is 0 Å². The molecule has 1 aliphatic heterocycles. The molecule has 0 unspecified atom stereocenters. The van der Waals surface area contributed by atoms with Crippen LogP contribution in [0.5, 0.6) is 0 Å². The first-order valence-corrected chi connectivity index (χ1v) is 6.71. The van der Waals surface area contributed by atoms with E-state index in [1.54, 1.807) is 0 Å². The molecule has 0 radical (unpaired) electrons. The highest BCUT2D eigenvalue weighted by Crippen LogP contribution is 2.14. The number of hydrogen-bond donors (Lipinski definition) is 0. The van der Waals surface area contributed by atoms with Gasteiger partial charge in [-0.15, -0.1) is 5.06 Å². The van der Waals surface area contributed by atoms with Crippen LogP contribution in [0.2, 0.25) is 0 Å². The van der Waals surface area contributed by atoms with Gasteiger partial charge in [-0.05, 0) is 6.42 Å². The largest absolute Gasteiger partial charge is 0.333 e.